The van der Waals surface area contributed by atoms with Gasteiger partial charge in [-0.05, 0) is 19.4 Å². The van der Waals surface area contributed by atoms with Gasteiger partial charge in [0.15, 0.2) is 0 Å². The molecule has 86 valence electrons. The molecule has 0 bridgehead atoms. The number of esters is 2. The molecule has 0 amide bonds. The molecule has 0 radical (unpaired) electrons. The maximum absolute atomic E-state index is 11.4. The number of carbonyl (C=O) groups is 2. The van der Waals surface area contributed by atoms with Gasteiger partial charge in [-0.15, -0.1) is 0 Å². The lowest BCUT2D eigenvalue weighted by Crippen LogP contribution is -2.32. The van der Waals surface area contributed by atoms with Crippen LogP contribution in [0.5, 0.6) is 0 Å². The van der Waals surface area contributed by atoms with Gasteiger partial charge in [-0.1, -0.05) is 0 Å². The van der Waals surface area contributed by atoms with Crippen molar-refractivity contribution in [3.05, 3.63) is 0 Å². The Balaban J connectivity index is 2.39. The van der Waals surface area contributed by atoms with Gasteiger partial charge in [0.25, 0.3) is 0 Å². The largest absolute Gasteiger partial charge is 0.469 e. The molecule has 0 unspecified atom stereocenters. The van der Waals surface area contributed by atoms with Crippen LogP contribution in [0.3, 0.4) is 0 Å². The Kier molecular flexibility index (Phi) is 4.55. The molecule has 0 aromatic heterocycles. The van der Waals surface area contributed by atoms with Crippen molar-refractivity contribution in [2.45, 2.75) is 25.3 Å². The summed E-state index contributed by atoms with van der Waals surface area (Å²) in [5.74, 6) is -0.568. The number of hydrogen-bond acceptors (Lipinski definition) is 5. The van der Waals surface area contributed by atoms with Gasteiger partial charge in [0.05, 0.1) is 20.1 Å². The number of rotatable bonds is 4. The zero-order chi connectivity index (χ0) is 11.3. The lowest BCUT2D eigenvalue weighted by atomic mass is 9.97. The Morgan fingerprint density at radius 1 is 1.33 bits per heavy atom. The summed E-state index contributed by atoms with van der Waals surface area (Å²) in [6.45, 7) is 0.797. The van der Waals surface area contributed by atoms with Crippen LogP contribution in [0.1, 0.15) is 19.3 Å². The van der Waals surface area contributed by atoms with Crippen LogP contribution in [0.4, 0.5) is 0 Å². The minimum Gasteiger partial charge on any atom is -0.469 e. The Morgan fingerprint density at radius 2 is 2.07 bits per heavy atom. The fourth-order valence-electron chi connectivity index (χ4n) is 1.88. The number of carbonyl (C=O) groups excluding carboxylic acids is 2. The smallest absolute Gasteiger partial charge is 0.310 e. The van der Waals surface area contributed by atoms with Gasteiger partial charge in [-0.25, -0.2) is 0 Å². The van der Waals surface area contributed by atoms with E-state index >= 15 is 0 Å². The van der Waals surface area contributed by atoms with Gasteiger partial charge in [0.1, 0.15) is 0 Å². The van der Waals surface area contributed by atoms with Crippen molar-refractivity contribution in [1.82, 2.24) is 5.32 Å². The van der Waals surface area contributed by atoms with Crippen molar-refractivity contribution in [1.29, 1.82) is 0 Å². The first-order chi connectivity index (χ1) is 7.19. The SMILES string of the molecule is COC(=O)CC[C@H]1NCC[C@H]1C(=O)OC. The normalized spacial score (nSPS) is 24.9. The molecule has 1 N–H and O–H groups in total. The summed E-state index contributed by atoms with van der Waals surface area (Å²) < 4.78 is 9.25. The summed E-state index contributed by atoms with van der Waals surface area (Å²) >= 11 is 0. The van der Waals surface area contributed by atoms with Crippen LogP contribution in [0.2, 0.25) is 0 Å². The fourth-order valence-corrected chi connectivity index (χ4v) is 1.88. The molecular formula is C10H17NO4. The maximum atomic E-state index is 11.4. The van der Waals surface area contributed by atoms with Crippen LogP contribution in [-0.2, 0) is 19.1 Å². The van der Waals surface area contributed by atoms with E-state index in [0.29, 0.717) is 12.8 Å². The van der Waals surface area contributed by atoms with Gasteiger partial charge in [-0.3, -0.25) is 9.59 Å². The van der Waals surface area contributed by atoms with Gasteiger partial charge in [0.2, 0.25) is 0 Å². The monoisotopic (exact) mass is 215 g/mol. The van der Waals surface area contributed by atoms with Gasteiger partial charge < -0.3 is 14.8 Å². The van der Waals surface area contributed by atoms with Crippen LogP contribution in [0, 0.1) is 5.92 Å². The molecule has 0 saturated carbocycles. The standard InChI is InChI=1S/C10H17NO4/c1-14-9(12)4-3-8-7(5-6-11-8)10(13)15-2/h7-8,11H,3-6H2,1-2H3/t7-,8-/m1/s1. The van der Waals surface area contributed by atoms with E-state index in [2.05, 4.69) is 10.1 Å². The molecule has 1 aliphatic heterocycles. The summed E-state index contributed by atoms with van der Waals surface area (Å²) in [6, 6.07) is 0.0385. The molecule has 1 aliphatic rings. The minimum atomic E-state index is -0.243. The average Bonchev–Trinajstić information content (AvgIpc) is 2.72. The van der Waals surface area contributed by atoms with Crippen LogP contribution in [0.15, 0.2) is 0 Å². The predicted octanol–water partition coefficient (Wildman–Crippen LogP) is 0.0907. The highest BCUT2D eigenvalue weighted by atomic mass is 16.5. The highest BCUT2D eigenvalue weighted by molar-refractivity contribution is 5.74. The summed E-state index contributed by atoms with van der Waals surface area (Å²) in [4.78, 5) is 22.3. The lowest BCUT2D eigenvalue weighted by molar-refractivity contribution is -0.146. The summed E-state index contributed by atoms with van der Waals surface area (Å²) in [7, 11) is 2.75. The molecule has 5 heteroatoms. The van der Waals surface area contributed by atoms with Crippen molar-refractivity contribution in [3.63, 3.8) is 0 Å². The van der Waals surface area contributed by atoms with E-state index in [1.54, 1.807) is 0 Å². The lowest BCUT2D eigenvalue weighted by Gasteiger charge is -2.16. The second kappa shape index (κ2) is 5.70. The van der Waals surface area contributed by atoms with E-state index in [-0.39, 0.29) is 23.9 Å². The fraction of sp³-hybridized carbons (Fsp3) is 0.800. The third-order valence-corrected chi connectivity index (χ3v) is 2.74. The third kappa shape index (κ3) is 3.20. The maximum Gasteiger partial charge on any atom is 0.310 e. The topological polar surface area (TPSA) is 64.6 Å². The summed E-state index contributed by atoms with van der Waals surface area (Å²) in [5.41, 5.74) is 0. The highest BCUT2D eigenvalue weighted by Crippen LogP contribution is 2.20. The molecule has 1 heterocycles. The second-order valence-electron chi connectivity index (χ2n) is 3.59. The van der Waals surface area contributed by atoms with Crippen LogP contribution >= 0.6 is 0 Å². The molecule has 0 aromatic carbocycles. The average molecular weight is 215 g/mol. The van der Waals surface area contributed by atoms with Gasteiger partial charge >= 0.3 is 11.9 Å². The summed E-state index contributed by atoms with van der Waals surface area (Å²) in [5, 5.41) is 3.19. The molecule has 0 aliphatic carbocycles. The molecule has 2 atom stereocenters. The van der Waals surface area contributed by atoms with Crippen LogP contribution in [-0.4, -0.2) is 38.7 Å². The predicted molar refractivity (Wildman–Crippen MR) is 53.2 cm³/mol. The Labute approximate surface area is 89.1 Å². The van der Waals surface area contributed by atoms with Gasteiger partial charge in [0, 0.05) is 12.5 Å². The first kappa shape index (κ1) is 12.0. The van der Waals surface area contributed by atoms with Crippen molar-refractivity contribution in [2.24, 2.45) is 5.92 Å². The van der Waals surface area contributed by atoms with E-state index in [4.69, 9.17) is 4.74 Å². The molecule has 1 saturated heterocycles. The molecular weight excluding hydrogens is 198 g/mol. The second-order valence-corrected chi connectivity index (χ2v) is 3.59. The Hall–Kier alpha value is -1.10. The highest BCUT2D eigenvalue weighted by Gasteiger charge is 2.33. The number of ether oxygens (including phenoxy) is 2. The van der Waals surface area contributed by atoms with E-state index in [1.807, 2.05) is 0 Å². The van der Waals surface area contributed by atoms with Gasteiger partial charge in [-0.2, -0.15) is 0 Å². The molecule has 0 spiro atoms. The number of methoxy groups -OCH3 is 2. The number of nitrogens with one attached hydrogen (secondary N) is 1. The van der Waals surface area contributed by atoms with E-state index in [0.717, 1.165) is 13.0 Å². The first-order valence-electron chi connectivity index (χ1n) is 5.07. The zero-order valence-corrected chi connectivity index (χ0v) is 9.12. The van der Waals surface area contributed by atoms with E-state index in [9.17, 15) is 9.59 Å². The molecule has 15 heavy (non-hydrogen) atoms. The quantitative estimate of drug-likeness (QED) is 0.673. The molecule has 0 aromatic rings. The Morgan fingerprint density at radius 3 is 2.67 bits per heavy atom. The van der Waals surface area contributed by atoms with Crippen molar-refractivity contribution >= 4 is 11.9 Å². The van der Waals surface area contributed by atoms with Crippen molar-refractivity contribution in [2.75, 3.05) is 20.8 Å². The zero-order valence-electron chi connectivity index (χ0n) is 9.12. The van der Waals surface area contributed by atoms with E-state index < -0.39 is 0 Å². The van der Waals surface area contributed by atoms with Crippen molar-refractivity contribution < 1.29 is 19.1 Å². The minimum absolute atomic E-state index is 0.0385. The number of hydrogen-bond donors (Lipinski definition) is 1. The third-order valence-electron chi connectivity index (χ3n) is 2.74. The molecule has 1 rings (SSSR count). The summed E-state index contributed by atoms with van der Waals surface area (Å²) in [6.07, 6.45) is 1.73. The van der Waals surface area contributed by atoms with Crippen molar-refractivity contribution in [3.8, 4) is 0 Å². The molecule has 1 fully saturated rings. The molecule has 5 nitrogen and oxygen atoms in total. The van der Waals surface area contributed by atoms with Crippen LogP contribution in [0.25, 0.3) is 0 Å². The van der Waals surface area contributed by atoms with Crippen LogP contribution < -0.4 is 5.32 Å². The Bertz CT molecular complexity index is 242. The first-order valence-corrected chi connectivity index (χ1v) is 5.07. The van der Waals surface area contributed by atoms with E-state index in [1.165, 1.54) is 14.2 Å².